The molecule has 1 fully saturated rings. The zero-order valence-electron chi connectivity index (χ0n) is 13.3. The third-order valence-corrected chi connectivity index (χ3v) is 5.89. The number of hydrogen-bond acceptors (Lipinski definition) is 6. The van der Waals surface area contributed by atoms with Crippen LogP contribution in [0.5, 0.6) is 0 Å². The molecule has 8 heteroatoms. The van der Waals surface area contributed by atoms with Crippen LogP contribution in [0.1, 0.15) is 17.3 Å². The lowest BCUT2D eigenvalue weighted by atomic mass is 10.2. The maximum Gasteiger partial charge on any atom is 0.243 e. The average molecular weight is 346 g/mol. The van der Waals surface area contributed by atoms with E-state index in [2.05, 4.69) is 9.97 Å². The van der Waals surface area contributed by atoms with Crippen molar-refractivity contribution in [2.24, 2.45) is 0 Å². The van der Waals surface area contributed by atoms with Crippen LogP contribution in [0.2, 0.25) is 0 Å². The van der Waals surface area contributed by atoms with Gasteiger partial charge in [0.1, 0.15) is 0 Å². The molecule has 0 spiro atoms. The van der Waals surface area contributed by atoms with Crippen molar-refractivity contribution in [1.82, 2.24) is 14.3 Å². The van der Waals surface area contributed by atoms with Gasteiger partial charge in [-0.3, -0.25) is 4.79 Å². The molecular formula is C16H18N4O3S. The molecule has 0 saturated carbocycles. The number of nitrogens with zero attached hydrogens (tertiary/aromatic N) is 4. The maximum atomic E-state index is 12.7. The van der Waals surface area contributed by atoms with Gasteiger partial charge in [0, 0.05) is 44.1 Å². The zero-order chi connectivity index (χ0) is 17.2. The van der Waals surface area contributed by atoms with Crippen molar-refractivity contribution in [3.8, 4) is 0 Å². The van der Waals surface area contributed by atoms with Crippen LogP contribution in [0.15, 0.2) is 47.6 Å². The Morgan fingerprint density at radius 2 is 1.58 bits per heavy atom. The number of sulfonamides is 1. The summed E-state index contributed by atoms with van der Waals surface area (Å²) in [5, 5.41) is 0. The first-order valence-electron chi connectivity index (χ1n) is 7.61. The van der Waals surface area contributed by atoms with Crippen LogP contribution in [0.3, 0.4) is 0 Å². The van der Waals surface area contributed by atoms with Crippen LogP contribution in [0, 0.1) is 0 Å². The first-order chi connectivity index (χ1) is 11.5. The van der Waals surface area contributed by atoms with Crippen molar-refractivity contribution in [1.29, 1.82) is 0 Å². The predicted octanol–water partition coefficient (Wildman–Crippen LogP) is 1.19. The van der Waals surface area contributed by atoms with Crippen LogP contribution in [-0.2, 0) is 10.0 Å². The maximum absolute atomic E-state index is 12.7. The molecular weight excluding hydrogens is 328 g/mol. The van der Waals surface area contributed by atoms with Crippen molar-refractivity contribution in [2.45, 2.75) is 11.8 Å². The molecule has 0 unspecified atom stereocenters. The molecule has 0 radical (unpaired) electrons. The van der Waals surface area contributed by atoms with Gasteiger partial charge in [0.25, 0.3) is 0 Å². The molecule has 3 rings (SSSR count). The van der Waals surface area contributed by atoms with E-state index < -0.39 is 10.0 Å². The molecule has 1 aromatic heterocycles. The summed E-state index contributed by atoms with van der Waals surface area (Å²) in [6.07, 6.45) is 3.34. The minimum absolute atomic E-state index is 0.0876. The average Bonchev–Trinajstić information content (AvgIpc) is 2.62. The highest BCUT2D eigenvalue weighted by molar-refractivity contribution is 7.89. The second kappa shape index (κ2) is 6.66. The second-order valence-electron chi connectivity index (χ2n) is 5.52. The first-order valence-corrected chi connectivity index (χ1v) is 9.05. The summed E-state index contributed by atoms with van der Waals surface area (Å²) in [6, 6.07) is 7.80. The topological polar surface area (TPSA) is 83.5 Å². The Morgan fingerprint density at radius 1 is 1.00 bits per heavy atom. The fraction of sp³-hybridized carbons (Fsp3) is 0.312. The number of benzene rings is 1. The monoisotopic (exact) mass is 346 g/mol. The predicted molar refractivity (Wildman–Crippen MR) is 89.5 cm³/mol. The van der Waals surface area contributed by atoms with E-state index >= 15 is 0 Å². The van der Waals surface area contributed by atoms with Gasteiger partial charge >= 0.3 is 0 Å². The minimum Gasteiger partial charge on any atom is -0.338 e. The van der Waals surface area contributed by atoms with E-state index in [0.717, 1.165) is 0 Å². The van der Waals surface area contributed by atoms with Crippen LogP contribution < -0.4 is 4.90 Å². The fourth-order valence-corrected chi connectivity index (χ4v) is 4.02. The number of hydrogen-bond donors (Lipinski definition) is 0. The third-order valence-electron chi connectivity index (χ3n) is 3.97. The van der Waals surface area contributed by atoms with Crippen LogP contribution in [0.4, 0.5) is 5.95 Å². The van der Waals surface area contributed by atoms with Gasteiger partial charge in [0.05, 0.1) is 4.90 Å². The van der Waals surface area contributed by atoms with E-state index in [1.54, 1.807) is 30.6 Å². The van der Waals surface area contributed by atoms with Gasteiger partial charge < -0.3 is 4.90 Å². The lowest BCUT2D eigenvalue weighted by Crippen LogP contribution is -2.49. The van der Waals surface area contributed by atoms with Gasteiger partial charge in [-0.2, -0.15) is 4.31 Å². The normalized spacial score (nSPS) is 16.1. The molecule has 0 bridgehead atoms. The van der Waals surface area contributed by atoms with Gasteiger partial charge in [-0.1, -0.05) is 12.1 Å². The highest BCUT2D eigenvalue weighted by atomic mass is 32.2. The van der Waals surface area contributed by atoms with Gasteiger partial charge in [-0.05, 0) is 25.1 Å². The number of rotatable bonds is 4. The van der Waals surface area contributed by atoms with E-state index in [9.17, 15) is 13.2 Å². The molecule has 2 aromatic rings. The first kappa shape index (κ1) is 16.5. The fourth-order valence-electron chi connectivity index (χ4n) is 2.59. The summed E-state index contributed by atoms with van der Waals surface area (Å²) >= 11 is 0. The molecule has 24 heavy (non-hydrogen) atoms. The Labute approximate surface area is 141 Å². The minimum atomic E-state index is -3.56. The standard InChI is InChI=1S/C16H18N4O3S/c1-13(21)14-3-5-15(6-4-14)24(22,23)20-11-9-19(10-12-20)16-17-7-2-8-18-16/h2-8H,9-12H2,1H3. The van der Waals surface area contributed by atoms with E-state index in [0.29, 0.717) is 37.7 Å². The van der Waals surface area contributed by atoms with Crippen molar-refractivity contribution >= 4 is 21.8 Å². The smallest absolute Gasteiger partial charge is 0.243 e. The number of ketones is 1. The molecule has 1 aromatic carbocycles. The highest BCUT2D eigenvalue weighted by Gasteiger charge is 2.29. The van der Waals surface area contributed by atoms with Crippen molar-refractivity contribution in [3.63, 3.8) is 0 Å². The molecule has 2 heterocycles. The summed E-state index contributed by atoms with van der Waals surface area (Å²) in [6.45, 7) is 3.27. The van der Waals surface area contributed by atoms with Crippen LogP contribution >= 0.6 is 0 Å². The van der Waals surface area contributed by atoms with Crippen molar-refractivity contribution < 1.29 is 13.2 Å². The second-order valence-corrected chi connectivity index (χ2v) is 7.46. The Kier molecular flexibility index (Phi) is 4.59. The van der Waals surface area contributed by atoms with Crippen molar-refractivity contribution in [3.05, 3.63) is 48.3 Å². The molecule has 1 aliphatic rings. The van der Waals surface area contributed by atoms with Gasteiger partial charge in [0.2, 0.25) is 16.0 Å². The number of carbonyl (C=O) groups excluding carboxylic acids is 1. The lowest BCUT2D eigenvalue weighted by Gasteiger charge is -2.33. The van der Waals surface area contributed by atoms with Gasteiger partial charge in [-0.15, -0.1) is 0 Å². The molecule has 1 aliphatic heterocycles. The molecule has 7 nitrogen and oxygen atoms in total. The lowest BCUT2D eigenvalue weighted by molar-refractivity contribution is 0.101. The largest absolute Gasteiger partial charge is 0.338 e. The Morgan fingerprint density at radius 3 is 2.12 bits per heavy atom. The molecule has 0 amide bonds. The Balaban J connectivity index is 1.72. The van der Waals surface area contributed by atoms with Crippen LogP contribution in [-0.4, -0.2) is 54.7 Å². The number of piperazine rings is 1. The zero-order valence-corrected chi connectivity index (χ0v) is 14.1. The third kappa shape index (κ3) is 3.29. The molecule has 1 saturated heterocycles. The molecule has 126 valence electrons. The number of anilines is 1. The number of Topliss-reactive ketones (excluding diaryl/α,β-unsaturated/α-hetero) is 1. The number of aromatic nitrogens is 2. The van der Waals surface area contributed by atoms with Gasteiger partial charge in [0.15, 0.2) is 5.78 Å². The summed E-state index contributed by atoms with van der Waals surface area (Å²) < 4.78 is 26.9. The molecule has 0 atom stereocenters. The Hall–Kier alpha value is -2.32. The van der Waals surface area contributed by atoms with Crippen molar-refractivity contribution in [2.75, 3.05) is 31.1 Å². The van der Waals surface area contributed by atoms with E-state index in [4.69, 9.17) is 0 Å². The summed E-state index contributed by atoms with van der Waals surface area (Å²) in [7, 11) is -3.56. The number of carbonyl (C=O) groups is 1. The van der Waals surface area contributed by atoms with Crippen LogP contribution in [0.25, 0.3) is 0 Å². The summed E-state index contributed by atoms with van der Waals surface area (Å²) in [4.78, 5) is 21.8. The quantitative estimate of drug-likeness (QED) is 0.773. The van der Waals surface area contributed by atoms with Gasteiger partial charge in [-0.25, -0.2) is 18.4 Å². The molecule has 0 aliphatic carbocycles. The van der Waals surface area contributed by atoms with E-state index in [1.165, 1.54) is 23.4 Å². The van der Waals surface area contributed by atoms with E-state index in [1.807, 2.05) is 4.90 Å². The molecule has 0 N–H and O–H groups in total. The SMILES string of the molecule is CC(=O)c1ccc(S(=O)(=O)N2CCN(c3ncccn3)CC2)cc1. The highest BCUT2D eigenvalue weighted by Crippen LogP contribution is 2.19. The van der Waals surface area contributed by atoms with E-state index in [-0.39, 0.29) is 10.7 Å². The summed E-state index contributed by atoms with van der Waals surface area (Å²) in [5.74, 6) is 0.524. The Bertz CT molecular complexity index is 814. The summed E-state index contributed by atoms with van der Waals surface area (Å²) in [5.41, 5.74) is 0.500.